The van der Waals surface area contributed by atoms with Crippen molar-refractivity contribution in [2.24, 2.45) is 0 Å². The zero-order valence-electron chi connectivity index (χ0n) is 10.5. The zero-order valence-corrected chi connectivity index (χ0v) is 12.1. The van der Waals surface area contributed by atoms with Gasteiger partial charge in [-0.25, -0.2) is 0 Å². The number of nitrogens with one attached hydrogen (secondary N) is 1. The number of hydrogen-bond donors (Lipinski definition) is 2. The Morgan fingerprint density at radius 2 is 2.00 bits per heavy atom. The van der Waals surface area contributed by atoms with Crippen LogP contribution in [0.3, 0.4) is 0 Å². The SMILES string of the molecule is Cc1ccc(C(=O)NCc2ccccc2Br)cc1O. The number of aryl methyl sites for hydroxylation is 1. The van der Waals surface area contributed by atoms with E-state index in [0.717, 1.165) is 15.6 Å². The third-order valence-electron chi connectivity index (χ3n) is 2.87. The maximum atomic E-state index is 12.0. The van der Waals surface area contributed by atoms with E-state index in [1.54, 1.807) is 19.1 Å². The number of hydrogen-bond acceptors (Lipinski definition) is 2. The van der Waals surface area contributed by atoms with Crippen LogP contribution < -0.4 is 5.32 Å². The van der Waals surface area contributed by atoms with Gasteiger partial charge >= 0.3 is 0 Å². The maximum absolute atomic E-state index is 12.0. The highest BCUT2D eigenvalue weighted by Gasteiger charge is 2.08. The van der Waals surface area contributed by atoms with Gasteiger partial charge in [-0.05, 0) is 36.2 Å². The number of aromatic hydroxyl groups is 1. The quantitative estimate of drug-likeness (QED) is 0.911. The fourth-order valence-corrected chi connectivity index (χ4v) is 2.09. The molecule has 0 saturated carbocycles. The summed E-state index contributed by atoms with van der Waals surface area (Å²) < 4.78 is 0.960. The molecule has 2 N–H and O–H groups in total. The summed E-state index contributed by atoms with van der Waals surface area (Å²) in [5.74, 6) is -0.0698. The van der Waals surface area contributed by atoms with Crippen molar-refractivity contribution in [2.45, 2.75) is 13.5 Å². The zero-order chi connectivity index (χ0) is 13.8. The molecule has 0 atom stereocenters. The van der Waals surface area contributed by atoms with Crippen molar-refractivity contribution in [1.82, 2.24) is 5.32 Å². The van der Waals surface area contributed by atoms with Gasteiger partial charge in [0.15, 0.2) is 0 Å². The minimum Gasteiger partial charge on any atom is -0.508 e. The molecule has 0 aliphatic rings. The van der Waals surface area contributed by atoms with Crippen molar-refractivity contribution in [3.05, 3.63) is 63.6 Å². The van der Waals surface area contributed by atoms with Crippen LogP contribution in [0.2, 0.25) is 0 Å². The average Bonchev–Trinajstić information content (AvgIpc) is 2.40. The number of phenols is 1. The number of benzene rings is 2. The van der Waals surface area contributed by atoms with Gasteiger partial charge in [0.2, 0.25) is 0 Å². The molecule has 1 amide bonds. The van der Waals surface area contributed by atoms with E-state index < -0.39 is 0 Å². The third kappa shape index (κ3) is 3.35. The first-order chi connectivity index (χ1) is 9.08. The first kappa shape index (κ1) is 13.6. The van der Waals surface area contributed by atoms with Crippen LogP contribution in [0.15, 0.2) is 46.9 Å². The molecule has 2 aromatic carbocycles. The Morgan fingerprint density at radius 1 is 1.26 bits per heavy atom. The molecule has 98 valence electrons. The summed E-state index contributed by atoms with van der Waals surface area (Å²) in [5, 5.41) is 12.4. The summed E-state index contributed by atoms with van der Waals surface area (Å²) in [4.78, 5) is 12.0. The average molecular weight is 320 g/mol. The second-order valence-electron chi connectivity index (χ2n) is 4.28. The first-order valence-electron chi connectivity index (χ1n) is 5.89. The molecule has 0 fully saturated rings. The van der Waals surface area contributed by atoms with Gasteiger partial charge < -0.3 is 10.4 Å². The van der Waals surface area contributed by atoms with Crippen LogP contribution in [0.4, 0.5) is 0 Å². The Labute approximate surface area is 120 Å². The predicted molar refractivity (Wildman–Crippen MR) is 78.2 cm³/mol. The molecule has 19 heavy (non-hydrogen) atoms. The molecule has 4 heteroatoms. The van der Waals surface area contributed by atoms with Crippen molar-refractivity contribution in [3.63, 3.8) is 0 Å². The number of rotatable bonds is 3. The Kier molecular flexibility index (Phi) is 4.22. The monoisotopic (exact) mass is 319 g/mol. The molecule has 0 radical (unpaired) electrons. The highest BCUT2D eigenvalue weighted by atomic mass is 79.9. The normalized spacial score (nSPS) is 10.2. The Hall–Kier alpha value is -1.81. The van der Waals surface area contributed by atoms with E-state index in [4.69, 9.17) is 0 Å². The third-order valence-corrected chi connectivity index (χ3v) is 3.64. The van der Waals surface area contributed by atoms with Gasteiger partial charge in [0.05, 0.1) is 0 Å². The van der Waals surface area contributed by atoms with Gasteiger partial charge in [-0.3, -0.25) is 4.79 Å². The van der Waals surface area contributed by atoms with Crippen molar-refractivity contribution in [2.75, 3.05) is 0 Å². The molecule has 0 aliphatic carbocycles. The van der Waals surface area contributed by atoms with E-state index in [1.807, 2.05) is 24.3 Å². The summed E-state index contributed by atoms with van der Waals surface area (Å²) >= 11 is 3.43. The molecule has 0 heterocycles. The number of phenolic OH excluding ortho intramolecular Hbond substituents is 1. The van der Waals surface area contributed by atoms with E-state index >= 15 is 0 Å². The lowest BCUT2D eigenvalue weighted by Crippen LogP contribution is -2.22. The van der Waals surface area contributed by atoms with E-state index in [1.165, 1.54) is 6.07 Å². The van der Waals surface area contributed by atoms with Crippen molar-refractivity contribution in [1.29, 1.82) is 0 Å². The molecule has 2 rings (SSSR count). The van der Waals surface area contributed by atoms with Gasteiger partial charge in [-0.15, -0.1) is 0 Å². The van der Waals surface area contributed by atoms with Gasteiger partial charge in [0.25, 0.3) is 5.91 Å². The topological polar surface area (TPSA) is 49.3 Å². The molecule has 0 aromatic heterocycles. The van der Waals surface area contributed by atoms with Crippen LogP contribution >= 0.6 is 15.9 Å². The van der Waals surface area contributed by atoms with Crippen LogP contribution in [-0.2, 0) is 6.54 Å². The fourth-order valence-electron chi connectivity index (χ4n) is 1.67. The molecule has 0 saturated heterocycles. The molecule has 0 aliphatic heterocycles. The minimum absolute atomic E-state index is 0.133. The Bertz CT molecular complexity index is 611. The first-order valence-corrected chi connectivity index (χ1v) is 6.68. The highest BCUT2D eigenvalue weighted by Crippen LogP contribution is 2.18. The summed E-state index contributed by atoms with van der Waals surface area (Å²) in [7, 11) is 0. The van der Waals surface area contributed by atoms with Crippen molar-refractivity contribution in [3.8, 4) is 5.75 Å². The van der Waals surface area contributed by atoms with Crippen LogP contribution in [0, 0.1) is 6.92 Å². The second-order valence-corrected chi connectivity index (χ2v) is 5.13. The highest BCUT2D eigenvalue weighted by molar-refractivity contribution is 9.10. The predicted octanol–water partition coefficient (Wildman–Crippen LogP) is 3.39. The summed E-state index contributed by atoms with van der Waals surface area (Å²) in [6.07, 6.45) is 0. The maximum Gasteiger partial charge on any atom is 0.251 e. The van der Waals surface area contributed by atoms with E-state index in [9.17, 15) is 9.90 Å². The van der Waals surface area contributed by atoms with Gasteiger partial charge in [-0.1, -0.05) is 40.2 Å². The van der Waals surface area contributed by atoms with Gasteiger partial charge in [0, 0.05) is 16.6 Å². The summed E-state index contributed by atoms with van der Waals surface area (Å²) in [6, 6.07) is 12.6. The van der Waals surface area contributed by atoms with E-state index in [0.29, 0.717) is 12.1 Å². The molecular weight excluding hydrogens is 306 g/mol. The van der Waals surface area contributed by atoms with Crippen LogP contribution in [0.5, 0.6) is 5.75 Å². The van der Waals surface area contributed by atoms with Crippen molar-refractivity contribution < 1.29 is 9.90 Å². The van der Waals surface area contributed by atoms with Crippen LogP contribution in [0.25, 0.3) is 0 Å². The fraction of sp³-hybridized carbons (Fsp3) is 0.133. The minimum atomic E-state index is -0.203. The molecular formula is C15H14BrNO2. The number of amides is 1. The van der Waals surface area contributed by atoms with Gasteiger partial charge in [-0.2, -0.15) is 0 Å². The Morgan fingerprint density at radius 3 is 2.68 bits per heavy atom. The largest absolute Gasteiger partial charge is 0.508 e. The summed E-state index contributed by atoms with van der Waals surface area (Å²) in [5.41, 5.74) is 2.21. The lowest BCUT2D eigenvalue weighted by Gasteiger charge is -2.08. The van der Waals surface area contributed by atoms with E-state index in [-0.39, 0.29) is 11.7 Å². The standard InChI is InChI=1S/C15H14BrNO2/c1-10-6-7-11(8-14(10)18)15(19)17-9-12-4-2-3-5-13(12)16/h2-8,18H,9H2,1H3,(H,17,19). The second kappa shape index (κ2) is 5.89. The number of halogens is 1. The molecule has 0 spiro atoms. The molecule has 0 unspecified atom stereocenters. The molecule has 0 bridgehead atoms. The lowest BCUT2D eigenvalue weighted by molar-refractivity contribution is 0.0950. The van der Waals surface area contributed by atoms with Gasteiger partial charge in [0.1, 0.15) is 5.75 Å². The van der Waals surface area contributed by atoms with Crippen LogP contribution in [0.1, 0.15) is 21.5 Å². The van der Waals surface area contributed by atoms with Crippen LogP contribution in [-0.4, -0.2) is 11.0 Å². The summed E-state index contributed by atoms with van der Waals surface area (Å²) in [6.45, 7) is 2.23. The molecule has 3 nitrogen and oxygen atoms in total. The number of carbonyl (C=O) groups is 1. The Balaban J connectivity index is 2.05. The lowest BCUT2D eigenvalue weighted by atomic mass is 10.1. The van der Waals surface area contributed by atoms with Crippen molar-refractivity contribution >= 4 is 21.8 Å². The number of carbonyl (C=O) groups excluding carboxylic acids is 1. The smallest absolute Gasteiger partial charge is 0.251 e. The van der Waals surface area contributed by atoms with E-state index in [2.05, 4.69) is 21.2 Å². The molecule has 2 aromatic rings.